The van der Waals surface area contributed by atoms with E-state index in [0.29, 0.717) is 12.2 Å². The Labute approximate surface area is 141 Å². The highest BCUT2D eigenvalue weighted by Crippen LogP contribution is 2.18. The number of rotatable bonds is 5. The van der Waals surface area contributed by atoms with Crippen LogP contribution in [0.3, 0.4) is 0 Å². The second-order valence-electron chi connectivity index (χ2n) is 5.35. The molecule has 0 aliphatic rings. The number of aryl methyl sites for hydroxylation is 1. The van der Waals surface area contributed by atoms with Gasteiger partial charge in [-0.1, -0.05) is 19.1 Å². The maximum absolute atomic E-state index is 10.8. The molecule has 2 aromatic rings. The Hall–Kier alpha value is -2.95. The van der Waals surface area contributed by atoms with Gasteiger partial charge in [0.2, 0.25) is 6.41 Å². The molecule has 0 atom stereocenters. The fraction of sp³-hybridized carbons (Fsp3) is 0.211. The number of allylic oxidation sites excluding steroid dienone is 2. The van der Waals surface area contributed by atoms with E-state index in [1.807, 2.05) is 51.1 Å². The minimum Gasteiger partial charge on any atom is -0.383 e. The molecule has 0 saturated carbocycles. The van der Waals surface area contributed by atoms with Crippen molar-refractivity contribution in [1.82, 2.24) is 15.3 Å². The van der Waals surface area contributed by atoms with Crippen LogP contribution >= 0.6 is 0 Å². The van der Waals surface area contributed by atoms with Gasteiger partial charge >= 0.3 is 0 Å². The quantitative estimate of drug-likeness (QED) is 0.820. The number of nitrogens with one attached hydrogen (secondary N) is 1. The van der Waals surface area contributed by atoms with Crippen molar-refractivity contribution in [3.8, 4) is 11.3 Å². The molecular formula is C19H22N4O. The second kappa shape index (κ2) is 8.06. The molecule has 0 aromatic carbocycles. The highest BCUT2D eigenvalue weighted by molar-refractivity contribution is 5.66. The second-order valence-corrected chi connectivity index (χ2v) is 5.35. The van der Waals surface area contributed by atoms with Gasteiger partial charge in [-0.15, -0.1) is 0 Å². The number of hydrogen-bond donors (Lipinski definition) is 2. The molecule has 5 nitrogen and oxygen atoms in total. The van der Waals surface area contributed by atoms with Crippen molar-refractivity contribution in [1.29, 1.82) is 0 Å². The third kappa shape index (κ3) is 3.87. The van der Waals surface area contributed by atoms with Crippen LogP contribution in [-0.2, 0) is 4.79 Å². The first-order valence-electron chi connectivity index (χ1n) is 7.86. The smallest absolute Gasteiger partial charge is 0.211 e. The minimum absolute atomic E-state index is 0.450. The van der Waals surface area contributed by atoms with Crippen LogP contribution in [0.2, 0.25) is 0 Å². The molecular weight excluding hydrogens is 300 g/mol. The van der Waals surface area contributed by atoms with E-state index in [9.17, 15) is 4.79 Å². The van der Waals surface area contributed by atoms with Crippen LogP contribution in [0.15, 0.2) is 36.3 Å². The van der Waals surface area contributed by atoms with Gasteiger partial charge in [0.25, 0.3) is 0 Å². The van der Waals surface area contributed by atoms with Crippen LogP contribution in [-0.4, -0.2) is 16.4 Å². The van der Waals surface area contributed by atoms with Crippen LogP contribution in [0.1, 0.15) is 25.8 Å². The molecule has 0 saturated heterocycles. The van der Waals surface area contributed by atoms with Gasteiger partial charge < -0.3 is 11.1 Å². The van der Waals surface area contributed by atoms with Crippen LogP contribution in [0.25, 0.3) is 23.4 Å². The summed E-state index contributed by atoms with van der Waals surface area (Å²) in [6, 6.07) is 3.90. The highest BCUT2D eigenvalue weighted by Gasteiger charge is 2.06. The zero-order valence-corrected chi connectivity index (χ0v) is 14.2. The Balaban J connectivity index is 2.74. The summed E-state index contributed by atoms with van der Waals surface area (Å²) >= 11 is 0. The average Bonchev–Trinajstić information content (AvgIpc) is 2.55. The first kappa shape index (κ1) is 17.4. The Bertz CT molecular complexity index is 885. The predicted molar refractivity (Wildman–Crippen MR) is 98.0 cm³/mol. The van der Waals surface area contributed by atoms with Crippen LogP contribution < -0.4 is 21.5 Å². The molecule has 0 spiro atoms. The van der Waals surface area contributed by atoms with Crippen LogP contribution in [0.4, 0.5) is 5.82 Å². The van der Waals surface area contributed by atoms with Gasteiger partial charge in [-0.3, -0.25) is 9.78 Å². The maximum Gasteiger partial charge on any atom is 0.211 e. The SMILES string of the molecule is C/C=c1/c(N)nc(-c2cnccc2C)c/c1=C/C(=C/CC)NC=O. The lowest BCUT2D eigenvalue weighted by atomic mass is 10.1. The largest absolute Gasteiger partial charge is 0.383 e. The summed E-state index contributed by atoms with van der Waals surface area (Å²) in [7, 11) is 0. The lowest BCUT2D eigenvalue weighted by Crippen LogP contribution is -2.30. The summed E-state index contributed by atoms with van der Waals surface area (Å²) in [5, 5.41) is 4.45. The summed E-state index contributed by atoms with van der Waals surface area (Å²) in [4.78, 5) is 19.5. The van der Waals surface area contributed by atoms with Crippen molar-refractivity contribution in [3.05, 3.63) is 52.3 Å². The molecule has 0 unspecified atom stereocenters. The van der Waals surface area contributed by atoms with E-state index < -0.39 is 0 Å². The van der Waals surface area contributed by atoms with Gasteiger partial charge in [-0.25, -0.2) is 4.98 Å². The molecule has 2 aromatic heterocycles. The Kier molecular flexibility index (Phi) is 5.84. The van der Waals surface area contributed by atoms with E-state index in [-0.39, 0.29) is 0 Å². The zero-order valence-electron chi connectivity index (χ0n) is 14.2. The van der Waals surface area contributed by atoms with Gasteiger partial charge in [0.05, 0.1) is 5.69 Å². The number of nitrogen functional groups attached to an aromatic ring is 1. The summed E-state index contributed by atoms with van der Waals surface area (Å²) < 4.78 is 0. The van der Waals surface area contributed by atoms with Crippen LogP contribution in [0.5, 0.6) is 0 Å². The Morgan fingerprint density at radius 1 is 1.42 bits per heavy atom. The molecule has 2 heterocycles. The third-order valence-corrected chi connectivity index (χ3v) is 3.68. The summed E-state index contributed by atoms with van der Waals surface area (Å²) in [6.45, 7) is 5.93. The van der Waals surface area contributed by atoms with E-state index in [1.165, 1.54) is 0 Å². The van der Waals surface area contributed by atoms with Gasteiger partial charge in [-0.05, 0) is 49.3 Å². The number of pyridine rings is 2. The minimum atomic E-state index is 0.450. The number of aromatic nitrogens is 2. The number of hydrogen-bond acceptors (Lipinski definition) is 4. The molecule has 24 heavy (non-hydrogen) atoms. The zero-order chi connectivity index (χ0) is 17.5. The van der Waals surface area contributed by atoms with Crippen molar-refractivity contribution in [2.45, 2.75) is 27.2 Å². The molecule has 0 fully saturated rings. The Morgan fingerprint density at radius 3 is 2.83 bits per heavy atom. The summed E-state index contributed by atoms with van der Waals surface area (Å²) in [6.07, 6.45) is 10.8. The number of nitrogens with zero attached hydrogens (tertiary/aromatic N) is 2. The molecule has 0 bridgehead atoms. The number of nitrogens with two attached hydrogens (primary N) is 1. The van der Waals surface area contributed by atoms with Crippen molar-refractivity contribution in [2.75, 3.05) is 5.73 Å². The van der Waals surface area contributed by atoms with Gasteiger partial charge in [0, 0.05) is 28.9 Å². The molecule has 3 N–H and O–H groups in total. The number of anilines is 1. The normalized spacial score (nSPS) is 13.2. The Morgan fingerprint density at radius 2 is 2.21 bits per heavy atom. The highest BCUT2D eigenvalue weighted by atomic mass is 16.1. The van der Waals surface area contributed by atoms with Crippen molar-refractivity contribution >= 4 is 24.4 Å². The fourth-order valence-corrected chi connectivity index (χ4v) is 2.51. The van der Waals surface area contributed by atoms with Gasteiger partial charge in [-0.2, -0.15) is 0 Å². The average molecular weight is 322 g/mol. The monoisotopic (exact) mass is 322 g/mol. The predicted octanol–water partition coefficient (Wildman–Crippen LogP) is 1.66. The molecule has 0 aliphatic heterocycles. The molecule has 5 heteroatoms. The lowest BCUT2D eigenvalue weighted by Gasteiger charge is -2.07. The molecule has 0 radical (unpaired) electrons. The molecule has 2 rings (SSSR count). The van der Waals surface area contributed by atoms with E-state index in [4.69, 9.17) is 5.73 Å². The first-order chi connectivity index (χ1) is 11.6. The van der Waals surface area contributed by atoms with Crippen molar-refractivity contribution in [3.63, 3.8) is 0 Å². The van der Waals surface area contributed by atoms with E-state index >= 15 is 0 Å². The fourth-order valence-electron chi connectivity index (χ4n) is 2.51. The number of amides is 1. The molecule has 124 valence electrons. The van der Waals surface area contributed by atoms with E-state index in [0.717, 1.165) is 39.4 Å². The van der Waals surface area contributed by atoms with Gasteiger partial charge in [0.15, 0.2) is 0 Å². The standard InChI is InChI=1S/C19H22N4O/c1-4-6-15(22-12-24)9-14-10-18(23-19(20)16(14)5-2)17-11-21-8-7-13(17)3/h5-12H,4H2,1-3H3,(H2,20,23)(H,22,24)/b14-9-,15-6-,16-5+. The number of carbonyl (C=O) groups is 1. The van der Waals surface area contributed by atoms with E-state index in [2.05, 4.69) is 15.3 Å². The summed E-state index contributed by atoms with van der Waals surface area (Å²) in [5.74, 6) is 0.450. The van der Waals surface area contributed by atoms with Crippen LogP contribution in [0, 0.1) is 6.92 Å². The lowest BCUT2D eigenvalue weighted by molar-refractivity contribution is -0.108. The summed E-state index contributed by atoms with van der Waals surface area (Å²) in [5.41, 5.74) is 9.66. The van der Waals surface area contributed by atoms with Gasteiger partial charge in [0.1, 0.15) is 5.82 Å². The first-order valence-corrected chi connectivity index (χ1v) is 7.86. The molecule has 0 aliphatic carbocycles. The maximum atomic E-state index is 10.8. The van der Waals surface area contributed by atoms with E-state index in [1.54, 1.807) is 12.4 Å². The number of carbonyl (C=O) groups excluding carboxylic acids is 1. The van der Waals surface area contributed by atoms with Crippen molar-refractivity contribution in [2.24, 2.45) is 0 Å². The topological polar surface area (TPSA) is 80.9 Å². The third-order valence-electron chi connectivity index (χ3n) is 3.68. The van der Waals surface area contributed by atoms with Crippen molar-refractivity contribution < 1.29 is 4.79 Å². The molecule has 1 amide bonds.